The number of nitro groups is 1. The molecule has 0 aliphatic carbocycles. The number of hydrazine groups is 1. The maximum Gasteiger partial charge on any atom is 0.293 e. The van der Waals surface area contributed by atoms with Crippen LogP contribution in [-0.2, 0) is 10.0 Å². The van der Waals surface area contributed by atoms with E-state index in [9.17, 15) is 23.3 Å². The molecule has 1 amide bonds. The highest BCUT2D eigenvalue weighted by molar-refractivity contribution is 7.89. The summed E-state index contributed by atoms with van der Waals surface area (Å²) in [6, 6.07) is 3.59. The largest absolute Gasteiger partial charge is 0.351 e. The van der Waals surface area contributed by atoms with E-state index in [1.807, 2.05) is 0 Å². The maximum atomic E-state index is 11.8. The van der Waals surface area contributed by atoms with Crippen LogP contribution in [0.4, 0.5) is 11.4 Å². The minimum absolute atomic E-state index is 0.0181. The molecule has 1 rings (SSSR count). The van der Waals surface area contributed by atoms with E-state index in [0.717, 1.165) is 6.07 Å². The van der Waals surface area contributed by atoms with Gasteiger partial charge in [-0.05, 0) is 19.2 Å². The molecule has 0 aliphatic rings. The molecular formula is C10H15N5O5S. The van der Waals surface area contributed by atoms with Crippen LogP contribution in [0.25, 0.3) is 0 Å². The number of nitrogens with two attached hydrogens (primary N) is 1. The van der Waals surface area contributed by atoms with Gasteiger partial charge in [0.15, 0.2) is 0 Å². The van der Waals surface area contributed by atoms with Crippen molar-refractivity contribution in [1.82, 2.24) is 10.0 Å². The monoisotopic (exact) mass is 317 g/mol. The summed E-state index contributed by atoms with van der Waals surface area (Å²) in [6.07, 6.45) is 0. The van der Waals surface area contributed by atoms with Crippen molar-refractivity contribution in [3.05, 3.63) is 33.9 Å². The number of nitrogens with one attached hydrogen (secondary N) is 3. The minimum atomic E-state index is -3.41. The van der Waals surface area contributed by atoms with Gasteiger partial charge in [0.1, 0.15) is 5.69 Å². The van der Waals surface area contributed by atoms with Crippen molar-refractivity contribution in [3.63, 3.8) is 0 Å². The third-order valence-corrected chi connectivity index (χ3v) is 3.94. The first kappa shape index (κ1) is 16.8. The third kappa shape index (κ3) is 4.66. The van der Waals surface area contributed by atoms with Gasteiger partial charge in [-0.25, -0.2) is 13.1 Å². The summed E-state index contributed by atoms with van der Waals surface area (Å²) in [6.45, 7) is -0.0929. The van der Waals surface area contributed by atoms with E-state index in [1.54, 1.807) is 0 Å². The molecule has 21 heavy (non-hydrogen) atoms. The van der Waals surface area contributed by atoms with Crippen molar-refractivity contribution in [2.45, 2.75) is 0 Å². The van der Waals surface area contributed by atoms with Crippen LogP contribution in [-0.4, -0.2) is 38.6 Å². The molecule has 0 radical (unpaired) electrons. The van der Waals surface area contributed by atoms with Crippen LogP contribution in [0.1, 0.15) is 10.4 Å². The van der Waals surface area contributed by atoms with E-state index in [-0.39, 0.29) is 29.2 Å². The first-order chi connectivity index (χ1) is 9.80. The molecule has 0 spiro atoms. The van der Waals surface area contributed by atoms with Crippen molar-refractivity contribution in [2.24, 2.45) is 5.84 Å². The molecule has 0 saturated heterocycles. The van der Waals surface area contributed by atoms with Gasteiger partial charge < -0.3 is 10.7 Å². The lowest BCUT2D eigenvalue weighted by atomic mass is 10.1. The Morgan fingerprint density at radius 2 is 2.10 bits per heavy atom. The molecule has 0 fully saturated rings. The Morgan fingerprint density at radius 1 is 1.43 bits per heavy atom. The van der Waals surface area contributed by atoms with Gasteiger partial charge in [0.25, 0.3) is 11.6 Å². The molecular weight excluding hydrogens is 302 g/mol. The molecule has 0 atom stereocenters. The van der Waals surface area contributed by atoms with Crippen LogP contribution in [0.5, 0.6) is 0 Å². The lowest BCUT2D eigenvalue weighted by Gasteiger charge is -2.07. The van der Waals surface area contributed by atoms with E-state index in [4.69, 9.17) is 5.84 Å². The quantitative estimate of drug-likeness (QED) is 0.290. The van der Waals surface area contributed by atoms with Gasteiger partial charge in [0.05, 0.1) is 10.7 Å². The topological polar surface area (TPSA) is 156 Å². The molecule has 0 aromatic heterocycles. The Hall–Kier alpha value is -2.24. The summed E-state index contributed by atoms with van der Waals surface area (Å²) in [7, 11) is -2.14. The molecule has 10 nitrogen and oxygen atoms in total. The van der Waals surface area contributed by atoms with Gasteiger partial charge in [-0.15, -0.1) is 0 Å². The van der Waals surface area contributed by atoms with Crippen LogP contribution in [0.3, 0.4) is 0 Å². The zero-order chi connectivity index (χ0) is 16.0. The van der Waals surface area contributed by atoms with Crippen LogP contribution in [0.2, 0.25) is 0 Å². The normalized spacial score (nSPS) is 11.0. The van der Waals surface area contributed by atoms with Crippen molar-refractivity contribution in [3.8, 4) is 0 Å². The fraction of sp³-hybridized carbons (Fsp3) is 0.300. The Labute approximate surface area is 120 Å². The molecule has 0 heterocycles. The fourth-order valence-corrected chi connectivity index (χ4v) is 2.03. The maximum absolute atomic E-state index is 11.8. The first-order valence-corrected chi connectivity index (χ1v) is 7.40. The van der Waals surface area contributed by atoms with Gasteiger partial charge in [0, 0.05) is 18.2 Å². The molecule has 1 aromatic rings. The van der Waals surface area contributed by atoms with Gasteiger partial charge in [-0.2, -0.15) is 0 Å². The summed E-state index contributed by atoms with van der Waals surface area (Å²) < 4.78 is 24.5. The second-order valence-electron chi connectivity index (χ2n) is 3.91. The summed E-state index contributed by atoms with van der Waals surface area (Å²) >= 11 is 0. The third-order valence-electron chi connectivity index (χ3n) is 2.58. The number of carbonyl (C=O) groups is 1. The zero-order valence-corrected chi connectivity index (χ0v) is 11.9. The van der Waals surface area contributed by atoms with E-state index < -0.39 is 20.9 Å². The standard InChI is InChI=1S/C10H15N5O5S/c1-12-21(19,20)5-4-13-10(16)7-2-3-9(15(17)18)8(6-7)14-11/h2-3,6,12,14H,4-5,11H2,1H3,(H,13,16). The average Bonchev–Trinajstić information content (AvgIpc) is 2.46. The molecule has 1 aromatic carbocycles. The lowest BCUT2D eigenvalue weighted by Crippen LogP contribution is -2.33. The molecule has 0 saturated carbocycles. The average molecular weight is 317 g/mol. The van der Waals surface area contributed by atoms with Gasteiger partial charge >= 0.3 is 0 Å². The number of sulfonamides is 1. The first-order valence-electron chi connectivity index (χ1n) is 5.75. The molecule has 11 heteroatoms. The molecule has 0 aliphatic heterocycles. The van der Waals surface area contributed by atoms with Gasteiger partial charge in [-0.1, -0.05) is 0 Å². The lowest BCUT2D eigenvalue weighted by molar-refractivity contribution is -0.384. The summed E-state index contributed by atoms with van der Waals surface area (Å²) in [5.41, 5.74) is 1.97. The number of carbonyl (C=O) groups excluding carboxylic acids is 1. The van der Waals surface area contributed by atoms with Crippen LogP contribution >= 0.6 is 0 Å². The number of hydrogen-bond donors (Lipinski definition) is 4. The van der Waals surface area contributed by atoms with Crippen molar-refractivity contribution in [2.75, 3.05) is 24.8 Å². The fourth-order valence-electron chi connectivity index (χ4n) is 1.46. The molecule has 116 valence electrons. The summed E-state index contributed by atoms with van der Waals surface area (Å²) in [5.74, 6) is 4.32. The zero-order valence-electron chi connectivity index (χ0n) is 11.1. The highest BCUT2D eigenvalue weighted by Gasteiger charge is 2.16. The minimum Gasteiger partial charge on any atom is -0.351 e. The van der Waals surface area contributed by atoms with E-state index >= 15 is 0 Å². The van der Waals surface area contributed by atoms with Crippen molar-refractivity contribution >= 4 is 27.3 Å². The smallest absolute Gasteiger partial charge is 0.293 e. The number of amides is 1. The molecule has 5 N–H and O–H groups in total. The summed E-state index contributed by atoms with van der Waals surface area (Å²) in [5, 5.41) is 13.1. The van der Waals surface area contributed by atoms with Crippen LogP contribution in [0, 0.1) is 10.1 Å². The van der Waals surface area contributed by atoms with E-state index in [2.05, 4.69) is 15.5 Å². The second-order valence-corrected chi connectivity index (χ2v) is 5.96. The van der Waals surface area contributed by atoms with Crippen molar-refractivity contribution in [1.29, 1.82) is 0 Å². The number of nitro benzene ring substituents is 1. The number of nitrogen functional groups attached to an aromatic ring is 1. The van der Waals surface area contributed by atoms with Crippen molar-refractivity contribution < 1.29 is 18.1 Å². The number of benzene rings is 1. The molecule has 0 bridgehead atoms. The van der Waals surface area contributed by atoms with Crippen LogP contribution < -0.4 is 21.3 Å². The number of rotatable bonds is 7. The van der Waals surface area contributed by atoms with Gasteiger partial charge in [0.2, 0.25) is 10.0 Å². The molecule has 0 unspecified atom stereocenters. The second kappa shape index (κ2) is 6.97. The van der Waals surface area contributed by atoms with Crippen LogP contribution in [0.15, 0.2) is 18.2 Å². The van der Waals surface area contributed by atoms with E-state index in [1.165, 1.54) is 19.2 Å². The highest BCUT2D eigenvalue weighted by Crippen LogP contribution is 2.24. The Balaban J connectivity index is 2.77. The number of nitrogens with zero attached hydrogens (tertiary/aromatic N) is 1. The Bertz CT molecular complexity index is 645. The highest BCUT2D eigenvalue weighted by atomic mass is 32.2. The Kier molecular flexibility index (Phi) is 5.58. The Morgan fingerprint density at radius 3 is 2.62 bits per heavy atom. The van der Waals surface area contributed by atoms with Gasteiger partial charge in [-0.3, -0.25) is 20.8 Å². The number of anilines is 1. The predicted octanol–water partition coefficient (Wildman–Crippen LogP) is -0.841. The van der Waals surface area contributed by atoms with E-state index in [0.29, 0.717) is 0 Å². The SMILES string of the molecule is CNS(=O)(=O)CCNC(=O)c1ccc([N+](=O)[O-])c(NN)c1. The summed E-state index contributed by atoms with van der Waals surface area (Å²) in [4.78, 5) is 21.9. The predicted molar refractivity (Wildman–Crippen MR) is 76.1 cm³/mol. The number of hydrogen-bond acceptors (Lipinski definition) is 7.